The highest BCUT2D eigenvalue weighted by molar-refractivity contribution is 5.92. The van der Waals surface area contributed by atoms with Crippen molar-refractivity contribution in [2.24, 2.45) is 34.5 Å². The largest absolute Gasteiger partial charge is 0.494 e. The van der Waals surface area contributed by atoms with Gasteiger partial charge in [-0.25, -0.2) is 9.59 Å². The number of carbonyl (C=O) groups is 7. The molecule has 17 atom stereocenters. The minimum absolute atomic E-state index is 0.0118. The maximum atomic E-state index is 15.1. The maximum Gasteiger partial charge on any atom is 0.410 e. The zero-order valence-corrected chi connectivity index (χ0v) is 66.1. The van der Waals surface area contributed by atoms with Crippen LogP contribution in [0, 0.1) is 41.4 Å². The van der Waals surface area contributed by atoms with E-state index in [1.807, 2.05) is 59.7 Å². The number of carboxylic acids is 1. The summed E-state index contributed by atoms with van der Waals surface area (Å²) in [6.07, 6.45) is -7.44. The molecule has 2 fully saturated rings. The molecule has 0 radical (unpaired) electrons. The molecule has 0 spiro atoms. The summed E-state index contributed by atoms with van der Waals surface area (Å²) in [6.45, 7) is 26.5. The lowest BCUT2D eigenvalue weighted by molar-refractivity contribution is -0.271. The van der Waals surface area contributed by atoms with Gasteiger partial charge < -0.3 is 89.9 Å². The molecule has 0 bridgehead atoms. The summed E-state index contributed by atoms with van der Waals surface area (Å²) < 4.78 is 39.3. The van der Waals surface area contributed by atoms with Crippen molar-refractivity contribution >= 4 is 41.6 Å². The third-order valence-corrected chi connectivity index (χ3v) is 21.2. The minimum Gasteiger partial charge on any atom is -0.494 e. The predicted octanol–water partition coefficient (Wildman–Crippen LogP) is 6.58. The van der Waals surface area contributed by atoms with E-state index >= 15 is 4.79 Å². The minimum atomic E-state index is -1.95. The van der Waals surface area contributed by atoms with Gasteiger partial charge in [-0.05, 0) is 92.5 Å². The molecule has 2 aliphatic rings. The second-order valence-electron chi connectivity index (χ2n) is 31.2. The van der Waals surface area contributed by atoms with Gasteiger partial charge in [-0.3, -0.25) is 38.1 Å². The second kappa shape index (κ2) is 40.6. The van der Waals surface area contributed by atoms with Crippen molar-refractivity contribution in [3.63, 3.8) is 0 Å². The first kappa shape index (κ1) is 88.9. The van der Waals surface area contributed by atoms with Gasteiger partial charge >= 0.3 is 12.1 Å². The molecule has 4 aromatic rings. The molecule has 2 aromatic heterocycles. The van der Waals surface area contributed by atoms with Gasteiger partial charge in [0.2, 0.25) is 35.8 Å². The number of aromatic hydroxyl groups is 2. The van der Waals surface area contributed by atoms with Crippen molar-refractivity contribution < 1.29 is 97.7 Å². The highest BCUT2D eigenvalue weighted by atomic mass is 16.7. The van der Waals surface area contributed by atoms with Crippen LogP contribution in [0.3, 0.4) is 0 Å². The number of likely N-dealkylation sites (tertiary alicyclic amines) is 1. The van der Waals surface area contributed by atoms with Crippen LogP contribution in [-0.2, 0) is 72.0 Å². The normalized spacial score (nSPS) is 20.9. The number of aliphatic carboxylic acids is 1. The van der Waals surface area contributed by atoms with E-state index in [9.17, 15) is 64.5 Å². The first-order valence-electron chi connectivity index (χ1n) is 37.8. The zero-order valence-electron chi connectivity index (χ0n) is 66.1. The molecule has 4 heterocycles. The van der Waals surface area contributed by atoms with Crippen LogP contribution in [0.25, 0.3) is 0 Å². The van der Waals surface area contributed by atoms with Gasteiger partial charge in [-0.2, -0.15) is 0 Å². The van der Waals surface area contributed by atoms with E-state index in [1.165, 1.54) is 48.9 Å². The molecule has 604 valence electrons. The Morgan fingerprint density at radius 2 is 1.47 bits per heavy atom. The number of aliphatic hydroxyl groups excluding tert-OH is 4. The lowest BCUT2D eigenvalue weighted by Gasteiger charge is -2.41. The number of rotatable bonds is 42. The number of nitrogens with zero attached hydrogens (tertiary/aromatic N) is 7. The van der Waals surface area contributed by atoms with Gasteiger partial charge in [0, 0.05) is 96.5 Å². The van der Waals surface area contributed by atoms with Gasteiger partial charge in [0.25, 0.3) is 0 Å². The number of aryl methyl sites for hydroxylation is 1. The fraction of sp³-hybridized carbons (Fsp3) is 0.679. The lowest BCUT2D eigenvalue weighted by Crippen LogP contribution is -2.61. The molecule has 30 heteroatoms. The van der Waals surface area contributed by atoms with E-state index in [-0.39, 0.29) is 59.4 Å². The average molecular weight is 1520 g/mol. The molecule has 17 unspecified atom stereocenters. The Hall–Kier alpha value is -7.97. The number of hydrogen-bond donors (Lipinski definition) is 10. The topological polar surface area (TPSA) is 398 Å². The van der Waals surface area contributed by atoms with E-state index in [0.717, 1.165) is 17.7 Å². The number of hydrogen-bond acceptors (Lipinski definition) is 21. The van der Waals surface area contributed by atoms with E-state index < -0.39 is 132 Å². The Labute approximate surface area is 635 Å². The van der Waals surface area contributed by atoms with Crippen molar-refractivity contribution in [3.8, 4) is 17.5 Å². The molecule has 10 N–H and O–H groups in total. The van der Waals surface area contributed by atoms with Crippen molar-refractivity contribution in [3.05, 3.63) is 89.2 Å². The molecule has 2 aromatic carbocycles. The quantitative estimate of drug-likeness (QED) is 0.0209. The van der Waals surface area contributed by atoms with Crippen molar-refractivity contribution in [2.45, 2.75) is 253 Å². The van der Waals surface area contributed by atoms with Gasteiger partial charge in [-0.15, -0.1) is 5.10 Å². The monoisotopic (exact) mass is 1520 g/mol. The number of aliphatic hydroxyl groups is 4. The Morgan fingerprint density at radius 3 is 2.07 bits per heavy atom. The van der Waals surface area contributed by atoms with Crippen molar-refractivity contribution in [2.75, 3.05) is 54.6 Å². The van der Waals surface area contributed by atoms with E-state index in [0.29, 0.717) is 100 Å². The van der Waals surface area contributed by atoms with Crippen LogP contribution in [0.4, 0.5) is 4.79 Å². The van der Waals surface area contributed by atoms with E-state index in [1.54, 1.807) is 95.6 Å². The number of aromatic nitrogens is 4. The summed E-state index contributed by atoms with van der Waals surface area (Å²) in [5.41, 5.74) is 0.983. The van der Waals surface area contributed by atoms with Gasteiger partial charge in [-0.1, -0.05) is 131 Å². The van der Waals surface area contributed by atoms with Crippen LogP contribution >= 0.6 is 0 Å². The fourth-order valence-corrected chi connectivity index (χ4v) is 14.2. The zero-order chi connectivity index (χ0) is 80.2. The lowest BCUT2D eigenvalue weighted by atomic mass is 9.88. The Balaban J connectivity index is 1.15. The van der Waals surface area contributed by atoms with E-state index in [4.69, 9.17) is 28.4 Å². The molecule has 30 nitrogen and oxygen atoms in total. The molecule has 2 saturated heterocycles. The summed E-state index contributed by atoms with van der Waals surface area (Å²) in [7, 11) is 6.04. The van der Waals surface area contributed by atoms with Gasteiger partial charge in [0.05, 0.1) is 67.7 Å². The van der Waals surface area contributed by atoms with Crippen LogP contribution in [0.2, 0.25) is 0 Å². The summed E-state index contributed by atoms with van der Waals surface area (Å²) >= 11 is 0. The summed E-state index contributed by atoms with van der Waals surface area (Å²) in [6, 6.07) is 12.4. The van der Waals surface area contributed by atoms with Crippen LogP contribution in [0.5, 0.6) is 17.5 Å². The van der Waals surface area contributed by atoms with Gasteiger partial charge in [0.1, 0.15) is 42.2 Å². The molecule has 0 aliphatic carbocycles. The molecular weight excluding hydrogens is 1400 g/mol. The molecule has 108 heavy (non-hydrogen) atoms. The van der Waals surface area contributed by atoms with Crippen molar-refractivity contribution in [1.82, 2.24) is 50.2 Å². The van der Waals surface area contributed by atoms with Crippen molar-refractivity contribution in [1.29, 1.82) is 0 Å². The number of methoxy groups -OCH3 is 2. The second-order valence-corrected chi connectivity index (χ2v) is 31.2. The van der Waals surface area contributed by atoms with Crippen LogP contribution in [0.1, 0.15) is 175 Å². The fourth-order valence-electron chi connectivity index (χ4n) is 14.2. The summed E-state index contributed by atoms with van der Waals surface area (Å²) in [5, 5.41) is 90.2. The van der Waals surface area contributed by atoms with E-state index in [2.05, 4.69) is 26.3 Å². The summed E-state index contributed by atoms with van der Waals surface area (Å²) in [4.78, 5) is 103. The number of amides is 6. The first-order chi connectivity index (χ1) is 50.9. The number of carbonyl (C=O) groups excluding carboxylic acids is 6. The molecule has 6 rings (SSSR count). The first-order valence-corrected chi connectivity index (χ1v) is 37.8. The Bertz CT molecular complexity index is 3540. The SMILES string of the molecule is CCC(C)C(C(CC(=O)N1CCCC1C(OC)C(C)C(=O)NC(C)C(O)c1ccccc1)OC)N(C)C(=O)C(NC(=O)C(C(C)C)N(C)C(=O)OC(Cc1cn(CC(C)(C)COCC(C)(CC)CNC(=O)CCCCCn2c(O)ccc2O)nn1)c1ccc(OC2OC(C(=O)O)C(O)C(O)C2O)c(C)c1)C(C)C. The van der Waals surface area contributed by atoms with Crippen LogP contribution < -0.4 is 20.7 Å². The van der Waals surface area contributed by atoms with Crippen LogP contribution in [0.15, 0.2) is 66.9 Å². The number of likely N-dealkylation sites (N-methyl/N-ethyl adjacent to an activating group) is 2. The average Bonchev–Trinajstić information content (AvgIpc) is 1.48. The number of carboxylic acid groups (broad SMARTS) is 1. The predicted molar refractivity (Wildman–Crippen MR) is 400 cm³/mol. The Morgan fingerprint density at radius 1 is 0.796 bits per heavy atom. The number of ether oxygens (including phenoxy) is 6. The molecule has 0 saturated carbocycles. The number of nitrogens with one attached hydrogen (secondary N) is 3. The highest BCUT2D eigenvalue weighted by Crippen LogP contribution is 2.35. The highest BCUT2D eigenvalue weighted by Gasteiger charge is 2.49. The summed E-state index contributed by atoms with van der Waals surface area (Å²) in [5.74, 6) is -5.29. The standard InChI is InChI=1S/C78H122N10O20/c1-18-47(7)64(57(103-16)39-61(92)87-36-26-29-54(87)69(104-17)49(9)71(97)80-50(10)65(93)51-27-22-20-23-28-51)84(14)73(99)62(45(3)4)81-72(98)63(46(5)6)85(15)76(102)107-56(52-31-32-55(48(8)37-52)106-75-68(96)66(94)67(95)70(108-75)74(100)101)38-53-40-86(83-82-53)42-77(11,12)43-105-44-78(13,19-2)41-79-58(89)30-24-21-25-35-88-59(90)33-34-60(88)91/h20,22-23,27-28,31-34,37,40,45-47,49-50,54,56-57,62-70,75,90-91,93-96H,18-19,21,24-26,29-30,35-36,38-39,41-44H2,1-17H3,(H,79,89)(H,80,97)(H,81,98)(H,100,101). The smallest absolute Gasteiger partial charge is 0.410 e. The molecule has 6 amide bonds. The maximum absolute atomic E-state index is 15.1. The number of benzene rings is 2. The van der Waals surface area contributed by atoms with Gasteiger partial charge in [0.15, 0.2) is 17.9 Å². The molecule has 2 aliphatic heterocycles. The number of unbranched alkanes of at least 4 members (excludes halogenated alkanes) is 2. The molecular formula is C78H122N10O20. The third kappa shape index (κ3) is 23.8. The Kier molecular flexibility index (Phi) is 33.5. The third-order valence-electron chi connectivity index (χ3n) is 21.2. The van der Waals surface area contributed by atoms with Crippen LogP contribution in [-0.4, -0.2) is 239 Å².